The summed E-state index contributed by atoms with van der Waals surface area (Å²) >= 11 is 0. The minimum absolute atomic E-state index is 0.00301. The molecule has 1 atom stereocenters. The van der Waals surface area contributed by atoms with E-state index < -0.39 is 0 Å². The number of carbonyl (C=O) groups is 1. The number of benzene rings is 1. The number of nitrogens with one attached hydrogen (secondary N) is 1. The second-order valence-corrected chi connectivity index (χ2v) is 6.51. The fourth-order valence-corrected chi connectivity index (χ4v) is 3.03. The summed E-state index contributed by atoms with van der Waals surface area (Å²) in [6.45, 7) is 3.97. The number of hydrogen-bond acceptors (Lipinski definition) is 5. The molecule has 2 aromatic rings. The van der Waals surface area contributed by atoms with Crippen molar-refractivity contribution in [3.63, 3.8) is 0 Å². The monoisotopic (exact) mass is 342 g/mol. The van der Waals surface area contributed by atoms with Crippen molar-refractivity contribution in [1.82, 2.24) is 15.1 Å². The van der Waals surface area contributed by atoms with Gasteiger partial charge in [-0.05, 0) is 37.0 Å². The van der Waals surface area contributed by atoms with E-state index in [2.05, 4.69) is 15.3 Å². The summed E-state index contributed by atoms with van der Waals surface area (Å²) in [7, 11) is 1.62. The van der Waals surface area contributed by atoms with Crippen molar-refractivity contribution >= 4 is 11.6 Å². The molecular weight excluding hydrogens is 320 g/mol. The molecule has 0 bridgehead atoms. The van der Waals surface area contributed by atoms with Gasteiger partial charge in [-0.2, -0.15) is 5.10 Å². The molecule has 1 aromatic carbocycles. The molecule has 1 fully saturated rings. The molecule has 2 N–H and O–H groups in total. The summed E-state index contributed by atoms with van der Waals surface area (Å²) in [5, 5.41) is 16.8. The highest BCUT2D eigenvalue weighted by Crippen LogP contribution is 2.22. The molecule has 1 aliphatic rings. The van der Waals surface area contributed by atoms with E-state index in [1.54, 1.807) is 37.5 Å². The maximum atomic E-state index is 12.2. The van der Waals surface area contributed by atoms with Gasteiger partial charge in [0.05, 0.1) is 17.4 Å². The zero-order chi connectivity index (χ0) is 18.0. The Morgan fingerprint density at radius 1 is 1.40 bits per heavy atom. The third-order valence-corrected chi connectivity index (χ3v) is 4.55. The summed E-state index contributed by atoms with van der Waals surface area (Å²) in [5.41, 5.74) is 1.87. The summed E-state index contributed by atoms with van der Waals surface area (Å²) in [6.07, 6.45) is 2.61. The van der Waals surface area contributed by atoms with Crippen LogP contribution in [0.25, 0.3) is 0 Å². The number of hydrogen-bond donors (Lipinski definition) is 2. The zero-order valence-corrected chi connectivity index (χ0v) is 14.4. The largest absolute Gasteiger partial charge is 0.507 e. The number of anilines is 1. The van der Waals surface area contributed by atoms with Gasteiger partial charge >= 0.3 is 0 Å². The Bertz CT molecular complexity index is 846. The molecule has 7 heteroatoms. The number of aromatic nitrogens is 2. The molecule has 25 heavy (non-hydrogen) atoms. The van der Waals surface area contributed by atoms with Crippen LogP contribution >= 0.6 is 0 Å². The quantitative estimate of drug-likeness (QED) is 0.867. The van der Waals surface area contributed by atoms with E-state index in [1.165, 1.54) is 4.68 Å². The van der Waals surface area contributed by atoms with Crippen molar-refractivity contribution < 1.29 is 9.90 Å². The predicted molar refractivity (Wildman–Crippen MR) is 95.0 cm³/mol. The lowest BCUT2D eigenvalue weighted by atomic mass is 10.1. The summed E-state index contributed by atoms with van der Waals surface area (Å²) in [5.74, 6) is 0.0172. The third kappa shape index (κ3) is 3.81. The number of rotatable bonds is 4. The van der Waals surface area contributed by atoms with Gasteiger partial charge in [-0.15, -0.1) is 0 Å². The van der Waals surface area contributed by atoms with Crippen molar-refractivity contribution in [1.29, 1.82) is 0 Å². The van der Waals surface area contributed by atoms with E-state index in [0.717, 1.165) is 30.8 Å². The lowest BCUT2D eigenvalue weighted by Crippen LogP contribution is -2.31. The van der Waals surface area contributed by atoms with E-state index >= 15 is 0 Å². The number of nitrogens with zero attached hydrogens (tertiary/aromatic N) is 3. The first-order valence-electron chi connectivity index (χ1n) is 8.30. The Labute approximate surface area is 145 Å². The van der Waals surface area contributed by atoms with Crippen LogP contribution in [0.3, 0.4) is 0 Å². The minimum Gasteiger partial charge on any atom is -0.507 e. The van der Waals surface area contributed by atoms with E-state index in [0.29, 0.717) is 12.5 Å². The van der Waals surface area contributed by atoms with Crippen LogP contribution in [-0.2, 0) is 7.05 Å². The van der Waals surface area contributed by atoms with Crippen LogP contribution in [0.4, 0.5) is 5.69 Å². The van der Waals surface area contributed by atoms with Gasteiger partial charge in [0.15, 0.2) is 0 Å². The molecule has 1 saturated heterocycles. The van der Waals surface area contributed by atoms with Crippen LogP contribution in [0.15, 0.2) is 35.3 Å². The van der Waals surface area contributed by atoms with Crippen LogP contribution in [0, 0.1) is 12.8 Å². The summed E-state index contributed by atoms with van der Waals surface area (Å²) < 4.78 is 1.30. The molecule has 0 spiro atoms. The van der Waals surface area contributed by atoms with Gasteiger partial charge in [-0.25, -0.2) is 4.68 Å². The molecule has 2 heterocycles. The second-order valence-electron chi connectivity index (χ2n) is 6.51. The highest BCUT2D eigenvalue weighted by molar-refractivity contribution is 5.96. The van der Waals surface area contributed by atoms with Crippen LogP contribution in [0.2, 0.25) is 0 Å². The van der Waals surface area contributed by atoms with Crippen LogP contribution in [-0.4, -0.2) is 40.4 Å². The Kier molecular flexibility index (Phi) is 4.74. The van der Waals surface area contributed by atoms with Crippen molar-refractivity contribution in [2.45, 2.75) is 13.3 Å². The Hall–Kier alpha value is -2.83. The smallest absolute Gasteiger partial charge is 0.268 e. The summed E-state index contributed by atoms with van der Waals surface area (Å²) in [6, 6.07) is 6.59. The minimum atomic E-state index is -0.272. The normalized spacial score (nSPS) is 16.9. The van der Waals surface area contributed by atoms with Gasteiger partial charge in [0.2, 0.25) is 0 Å². The topological polar surface area (TPSA) is 87.5 Å². The van der Waals surface area contributed by atoms with Crippen LogP contribution in [0.1, 0.15) is 22.3 Å². The van der Waals surface area contributed by atoms with Crippen LogP contribution < -0.4 is 15.8 Å². The Morgan fingerprint density at radius 3 is 2.92 bits per heavy atom. The van der Waals surface area contributed by atoms with Gasteiger partial charge in [0, 0.05) is 32.7 Å². The lowest BCUT2D eigenvalue weighted by Gasteiger charge is -2.18. The molecule has 0 radical (unpaired) electrons. The predicted octanol–water partition coefficient (Wildman–Crippen LogP) is 1.05. The van der Waals surface area contributed by atoms with Gasteiger partial charge in [-0.1, -0.05) is 6.07 Å². The number of phenolic OH excluding ortho intramolecular Hbond substituents is 1. The van der Waals surface area contributed by atoms with Crippen molar-refractivity contribution in [2.75, 3.05) is 24.5 Å². The first-order chi connectivity index (χ1) is 11.9. The molecule has 7 nitrogen and oxygen atoms in total. The van der Waals surface area contributed by atoms with Crippen molar-refractivity contribution in [2.24, 2.45) is 13.0 Å². The summed E-state index contributed by atoms with van der Waals surface area (Å²) in [4.78, 5) is 26.0. The SMILES string of the molecule is Cc1ccc(C(=O)NC[C@@H]2CCN(c3cnn(C)c(=O)c3)C2)c(O)c1. The van der Waals surface area contributed by atoms with Gasteiger partial charge in [0.1, 0.15) is 5.75 Å². The Morgan fingerprint density at radius 2 is 2.20 bits per heavy atom. The van der Waals surface area contributed by atoms with Gasteiger partial charge < -0.3 is 15.3 Å². The first-order valence-corrected chi connectivity index (χ1v) is 8.30. The van der Waals surface area contributed by atoms with Crippen molar-refractivity contribution in [3.8, 4) is 5.75 Å². The number of amides is 1. The van der Waals surface area contributed by atoms with E-state index in [9.17, 15) is 14.7 Å². The maximum Gasteiger partial charge on any atom is 0.268 e. The number of aryl methyl sites for hydroxylation is 2. The number of carbonyl (C=O) groups excluding carboxylic acids is 1. The maximum absolute atomic E-state index is 12.2. The molecule has 0 unspecified atom stereocenters. The molecule has 0 aliphatic carbocycles. The lowest BCUT2D eigenvalue weighted by molar-refractivity contribution is 0.0945. The molecule has 1 amide bonds. The van der Waals surface area contributed by atoms with Gasteiger partial charge in [-0.3, -0.25) is 9.59 Å². The number of aromatic hydroxyl groups is 1. The van der Waals surface area contributed by atoms with E-state index in [1.807, 2.05) is 6.92 Å². The second kappa shape index (κ2) is 6.96. The average Bonchev–Trinajstić information content (AvgIpc) is 3.04. The number of phenols is 1. The molecule has 1 aromatic heterocycles. The zero-order valence-electron chi connectivity index (χ0n) is 14.4. The Balaban J connectivity index is 1.57. The standard InChI is InChI=1S/C18H22N4O3/c1-12-3-4-15(16(23)7-12)18(25)19-9-13-5-6-22(11-13)14-8-17(24)21(2)20-10-14/h3-4,7-8,10,13,23H,5-6,9,11H2,1-2H3,(H,19,25)/t13-/m0/s1. The van der Waals surface area contributed by atoms with Crippen molar-refractivity contribution in [3.05, 3.63) is 51.9 Å². The first kappa shape index (κ1) is 17.0. The molecular formula is C18H22N4O3. The van der Waals surface area contributed by atoms with E-state index in [4.69, 9.17) is 0 Å². The molecule has 0 saturated carbocycles. The highest BCUT2D eigenvalue weighted by Gasteiger charge is 2.24. The molecule has 1 aliphatic heterocycles. The highest BCUT2D eigenvalue weighted by atomic mass is 16.3. The van der Waals surface area contributed by atoms with Crippen LogP contribution in [0.5, 0.6) is 5.75 Å². The third-order valence-electron chi connectivity index (χ3n) is 4.55. The molecule has 132 valence electrons. The molecule has 3 rings (SSSR count). The van der Waals surface area contributed by atoms with Gasteiger partial charge in [0.25, 0.3) is 11.5 Å². The fourth-order valence-electron chi connectivity index (χ4n) is 3.03. The average molecular weight is 342 g/mol. The fraction of sp³-hybridized carbons (Fsp3) is 0.389. The van der Waals surface area contributed by atoms with E-state index in [-0.39, 0.29) is 22.8 Å².